The molecule has 3 heterocycles. The molecular weight excluding hydrogens is 216 g/mol. The van der Waals surface area contributed by atoms with Gasteiger partial charge >= 0.3 is 0 Å². The topological polar surface area (TPSA) is 52.2 Å². The van der Waals surface area contributed by atoms with E-state index in [0.717, 1.165) is 19.5 Å². The summed E-state index contributed by atoms with van der Waals surface area (Å²) in [6, 6.07) is 2.95. The molecule has 17 heavy (non-hydrogen) atoms. The van der Waals surface area contributed by atoms with E-state index in [1.54, 1.807) is 12.3 Å². The van der Waals surface area contributed by atoms with E-state index in [-0.39, 0.29) is 5.91 Å². The van der Waals surface area contributed by atoms with Gasteiger partial charge in [-0.3, -0.25) is 14.8 Å². The molecular formula is C12H18N4O. The van der Waals surface area contributed by atoms with Gasteiger partial charge in [-0.25, -0.2) is 0 Å². The number of fused-ring (bicyclic) bond motifs is 2. The summed E-state index contributed by atoms with van der Waals surface area (Å²) in [5.74, 6) is 0.0865. The Balaban J connectivity index is 1.75. The largest absolute Gasteiger partial charge is 0.336 e. The van der Waals surface area contributed by atoms with Crippen LogP contribution in [0.1, 0.15) is 29.8 Å². The van der Waals surface area contributed by atoms with Crippen LogP contribution in [0.4, 0.5) is 0 Å². The Hall–Kier alpha value is -1.36. The summed E-state index contributed by atoms with van der Waals surface area (Å²) in [5, 5.41) is 6.60. The number of aromatic nitrogens is 2. The third-order valence-electron chi connectivity index (χ3n) is 4.17. The normalized spacial score (nSPS) is 29.4. The van der Waals surface area contributed by atoms with Crippen molar-refractivity contribution in [3.8, 4) is 0 Å². The van der Waals surface area contributed by atoms with Crippen molar-refractivity contribution < 1.29 is 4.79 Å². The minimum atomic E-state index is 0.0865. The number of carbonyl (C=O) groups is 1. The lowest BCUT2D eigenvalue weighted by atomic mass is 10.1. The van der Waals surface area contributed by atoms with Crippen molar-refractivity contribution in [2.45, 2.75) is 31.3 Å². The predicted molar refractivity (Wildman–Crippen MR) is 63.7 cm³/mol. The van der Waals surface area contributed by atoms with Crippen LogP contribution in [0, 0.1) is 0 Å². The number of rotatable bonds is 1. The highest BCUT2D eigenvalue weighted by Crippen LogP contribution is 2.28. The molecule has 0 aliphatic carbocycles. The second-order valence-corrected chi connectivity index (χ2v) is 5.06. The summed E-state index contributed by atoms with van der Waals surface area (Å²) < 4.78 is 0. The molecule has 0 unspecified atom stereocenters. The van der Waals surface area contributed by atoms with Gasteiger partial charge in [0.15, 0.2) is 0 Å². The fourth-order valence-corrected chi connectivity index (χ4v) is 3.04. The van der Waals surface area contributed by atoms with E-state index in [4.69, 9.17) is 0 Å². The Morgan fingerprint density at radius 2 is 2.24 bits per heavy atom. The number of carbonyl (C=O) groups excluding carboxylic acids is 1. The second-order valence-electron chi connectivity index (χ2n) is 5.06. The van der Waals surface area contributed by atoms with Crippen molar-refractivity contribution in [1.82, 2.24) is 20.0 Å². The zero-order valence-corrected chi connectivity index (χ0v) is 10.1. The monoisotopic (exact) mass is 234 g/mol. The van der Waals surface area contributed by atoms with Crippen molar-refractivity contribution in [3.63, 3.8) is 0 Å². The van der Waals surface area contributed by atoms with Gasteiger partial charge in [0.1, 0.15) is 5.69 Å². The van der Waals surface area contributed by atoms with Crippen LogP contribution in [-0.4, -0.2) is 58.1 Å². The van der Waals surface area contributed by atoms with Crippen LogP contribution in [-0.2, 0) is 0 Å². The highest BCUT2D eigenvalue weighted by Gasteiger charge is 2.36. The van der Waals surface area contributed by atoms with Crippen LogP contribution in [0.2, 0.25) is 0 Å². The van der Waals surface area contributed by atoms with E-state index in [1.807, 2.05) is 4.90 Å². The minimum absolute atomic E-state index is 0.0865. The number of likely N-dealkylation sites (tertiary alicyclic amines) is 1. The zero-order valence-electron chi connectivity index (χ0n) is 10.1. The van der Waals surface area contributed by atoms with Crippen molar-refractivity contribution >= 4 is 5.91 Å². The molecule has 2 bridgehead atoms. The number of hydrogen-bond acceptors (Lipinski definition) is 3. The first-order chi connectivity index (χ1) is 8.25. The molecule has 0 aromatic carbocycles. The SMILES string of the molecule is CN1[C@H]2CC[C@@H]1CN(C(=O)c1ccn[nH]1)CC2. The molecule has 1 N–H and O–H groups in total. The number of H-pyrrole nitrogens is 1. The number of amides is 1. The van der Waals surface area contributed by atoms with Crippen LogP contribution in [0.15, 0.2) is 12.3 Å². The summed E-state index contributed by atoms with van der Waals surface area (Å²) in [6.45, 7) is 1.72. The zero-order chi connectivity index (χ0) is 11.8. The molecule has 2 saturated heterocycles. The maximum Gasteiger partial charge on any atom is 0.271 e. The molecule has 2 aliphatic rings. The lowest BCUT2D eigenvalue weighted by Gasteiger charge is -2.25. The van der Waals surface area contributed by atoms with Crippen LogP contribution in [0.3, 0.4) is 0 Å². The van der Waals surface area contributed by atoms with Gasteiger partial charge < -0.3 is 4.90 Å². The second kappa shape index (κ2) is 4.14. The van der Waals surface area contributed by atoms with E-state index in [0.29, 0.717) is 17.8 Å². The van der Waals surface area contributed by atoms with Gasteiger partial charge in [-0.2, -0.15) is 5.10 Å². The maximum atomic E-state index is 12.2. The van der Waals surface area contributed by atoms with Crippen LogP contribution < -0.4 is 0 Å². The van der Waals surface area contributed by atoms with E-state index >= 15 is 0 Å². The van der Waals surface area contributed by atoms with Crippen molar-refractivity contribution in [2.24, 2.45) is 0 Å². The Labute approximate surface area is 101 Å². The molecule has 0 saturated carbocycles. The third-order valence-corrected chi connectivity index (χ3v) is 4.17. The third kappa shape index (κ3) is 1.84. The van der Waals surface area contributed by atoms with Gasteiger partial charge in [-0.1, -0.05) is 0 Å². The molecule has 0 spiro atoms. The number of likely N-dealkylation sites (N-methyl/N-ethyl adjacent to an activating group) is 1. The van der Waals surface area contributed by atoms with Gasteiger partial charge in [0.25, 0.3) is 5.91 Å². The number of nitrogens with zero attached hydrogens (tertiary/aromatic N) is 3. The Kier molecular flexibility index (Phi) is 2.63. The minimum Gasteiger partial charge on any atom is -0.336 e. The van der Waals surface area contributed by atoms with E-state index in [1.165, 1.54) is 12.8 Å². The van der Waals surface area contributed by atoms with Gasteiger partial charge in [-0.05, 0) is 32.4 Å². The summed E-state index contributed by atoms with van der Waals surface area (Å²) in [5.41, 5.74) is 0.602. The van der Waals surface area contributed by atoms with E-state index < -0.39 is 0 Å². The van der Waals surface area contributed by atoms with Crippen molar-refractivity contribution in [2.75, 3.05) is 20.1 Å². The summed E-state index contributed by atoms with van der Waals surface area (Å²) in [4.78, 5) is 16.6. The molecule has 5 nitrogen and oxygen atoms in total. The lowest BCUT2D eigenvalue weighted by molar-refractivity contribution is 0.0734. The van der Waals surface area contributed by atoms with Crippen molar-refractivity contribution in [1.29, 1.82) is 0 Å². The van der Waals surface area contributed by atoms with E-state index in [2.05, 4.69) is 22.1 Å². The first kappa shape index (κ1) is 10.8. The first-order valence-corrected chi connectivity index (χ1v) is 6.26. The van der Waals surface area contributed by atoms with Crippen LogP contribution >= 0.6 is 0 Å². The Morgan fingerprint density at radius 3 is 3.00 bits per heavy atom. The first-order valence-electron chi connectivity index (χ1n) is 6.26. The smallest absolute Gasteiger partial charge is 0.271 e. The van der Waals surface area contributed by atoms with E-state index in [9.17, 15) is 4.79 Å². The molecule has 0 radical (unpaired) electrons. The summed E-state index contributed by atoms with van der Waals surface area (Å²) in [7, 11) is 2.19. The molecule has 2 atom stereocenters. The highest BCUT2D eigenvalue weighted by atomic mass is 16.2. The highest BCUT2D eigenvalue weighted by molar-refractivity contribution is 5.92. The molecule has 2 aliphatic heterocycles. The molecule has 5 heteroatoms. The number of nitrogens with one attached hydrogen (secondary N) is 1. The average Bonchev–Trinajstić information content (AvgIpc) is 2.88. The molecule has 2 fully saturated rings. The van der Waals surface area contributed by atoms with Crippen molar-refractivity contribution in [3.05, 3.63) is 18.0 Å². The van der Waals surface area contributed by atoms with Gasteiger partial charge in [0.2, 0.25) is 0 Å². The number of aromatic amines is 1. The van der Waals surface area contributed by atoms with Gasteiger partial charge in [-0.15, -0.1) is 0 Å². The Morgan fingerprint density at radius 1 is 1.41 bits per heavy atom. The van der Waals surface area contributed by atoms with Crippen LogP contribution in [0.25, 0.3) is 0 Å². The van der Waals surface area contributed by atoms with Gasteiger partial charge in [0, 0.05) is 31.4 Å². The Bertz CT molecular complexity index is 403. The molecule has 3 rings (SSSR count). The fourth-order valence-electron chi connectivity index (χ4n) is 3.04. The molecule has 1 aromatic rings. The average molecular weight is 234 g/mol. The lowest BCUT2D eigenvalue weighted by Crippen LogP contribution is -2.39. The quantitative estimate of drug-likeness (QED) is 0.779. The standard InChI is InChI=1S/C12H18N4O/c1-15-9-2-3-10(15)8-16(7-5-9)12(17)11-4-6-13-14-11/h4,6,9-10H,2-3,5,7-8H2,1H3,(H,13,14)/t9-,10+/m0/s1. The molecule has 92 valence electrons. The molecule has 1 aromatic heterocycles. The predicted octanol–water partition coefficient (Wildman–Crippen LogP) is 0.718. The molecule has 1 amide bonds. The van der Waals surface area contributed by atoms with Gasteiger partial charge in [0.05, 0.1) is 0 Å². The summed E-state index contributed by atoms with van der Waals surface area (Å²) in [6.07, 6.45) is 5.22. The van der Waals surface area contributed by atoms with Crippen LogP contribution in [0.5, 0.6) is 0 Å². The summed E-state index contributed by atoms with van der Waals surface area (Å²) >= 11 is 0. The fraction of sp³-hybridized carbons (Fsp3) is 0.667. The maximum absolute atomic E-state index is 12.2. The number of hydrogen-bond donors (Lipinski definition) is 1.